The van der Waals surface area contributed by atoms with Crippen LogP contribution in [0, 0.1) is 5.41 Å². The van der Waals surface area contributed by atoms with Crippen LogP contribution in [0.15, 0.2) is 41.8 Å². The molecule has 2 aromatic heterocycles. The van der Waals surface area contributed by atoms with Crippen LogP contribution in [0.1, 0.15) is 37.1 Å². The summed E-state index contributed by atoms with van der Waals surface area (Å²) in [7, 11) is 2.19. The summed E-state index contributed by atoms with van der Waals surface area (Å²) in [5, 5.41) is 9.73. The van der Waals surface area contributed by atoms with Gasteiger partial charge in [-0.3, -0.25) is 10.1 Å². The van der Waals surface area contributed by atoms with Crippen molar-refractivity contribution in [1.82, 2.24) is 25.0 Å². The van der Waals surface area contributed by atoms with Gasteiger partial charge in [-0.05, 0) is 44.2 Å². The molecular formula is C25H26Cl2N6O. The lowest BCUT2D eigenvalue weighted by atomic mass is 9.73. The average molecular weight is 497 g/mol. The Balaban J connectivity index is 1.21. The summed E-state index contributed by atoms with van der Waals surface area (Å²) in [4.78, 5) is 13.7. The topological polar surface area (TPSA) is 69.6 Å². The van der Waals surface area contributed by atoms with Crippen LogP contribution in [-0.4, -0.2) is 64.0 Å². The summed E-state index contributed by atoms with van der Waals surface area (Å²) in [6.07, 6.45) is 6.68. The Morgan fingerprint density at radius 3 is 2.53 bits per heavy atom. The quantitative estimate of drug-likeness (QED) is 0.538. The van der Waals surface area contributed by atoms with Gasteiger partial charge in [-0.1, -0.05) is 23.2 Å². The molecule has 2 saturated heterocycles. The maximum absolute atomic E-state index is 6.31. The molecule has 3 aliphatic heterocycles. The fourth-order valence-electron chi connectivity index (χ4n) is 5.58. The van der Waals surface area contributed by atoms with Crippen molar-refractivity contribution in [2.75, 3.05) is 33.2 Å². The Morgan fingerprint density at radius 1 is 1.09 bits per heavy atom. The first-order chi connectivity index (χ1) is 16.4. The summed E-state index contributed by atoms with van der Waals surface area (Å²) >= 11 is 12.6. The number of hydrogen-bond acceptors (Lipinski definition) is 6. The summed E-state index contributed by atoms with van der Waals surface area (Å²) in [6, 6.07) is 5.92. The highest BCUT2D eigenvalue weighted by Gasteiger charge is 2.51. The lowest BCUT2D eigenvalue weighted by Gasteiger charge is -2.60. The number of nitrogens with one attached hydrogen (secondary N) is 1. The smallest absolute Gasteiger partial charge is 0.124 e. The van der Waals surface area contributed by atoms with E-state index in [9.17, 15) is 0 Å². The third-order valence-electron chi connectivity index (χ3n) is 7.06. The van der Waals surface area contributed by atoms with E-state index in [2.05, 4.69) is 32.0 Å². The number of halogens is 2. The number of allylic oxidation sites excluding steroid dienone is 1. The minimum atomic E-state index is -0.327. The molecule has 3 aliphatic rings. The molecule has 2 fully saturated rings. The van der Waals surface area contributed by atoms with Crippen molar-refractivity contribution in [3.63, 3.8) is 0 Å². The SMILES string of the molecule is C[C@@H](Oc1ccc2[nH]nc(C3=CN=C(N4CC5(CN(C)C5)C4)CC3)c2c1)c1c(Cl)cncc1Cl. The molecule has 1 N–H and O–H groups in total. The van der Waals surface area contributed by atoms with E-state index in [0.717, 1.165) is 59.4 Å². The number of hydrogen-bond donors (Lipinski definition) is 1. The Labute approximate surface area is 208 Å². The van der Waals surface area contributed by atoms with Crippen molar-refractivity contribution in [2.45, 2.75) is 25.9 Å². The molecule has 1 atom stereocenters. The minimum absolute atomic E-state index is 0.327. The predicted octanol–water partition coefficient (Wildman–Crippen LogP) is 5.19. The van der Waals surface area contributed by atoms with Gasteiger partial charge in [0.05, 0.1) is 21.3 Å². The van der Waals surface area contributed by atoms with E-state index in [1.165, 1.54) is 18.9 Å². The zero-order valence-corrected chi connectivity index (χ0v) is 20.7. The predicted molar refractivity (Wildman–Crippen MR) is 136 cm³/mol. The molecule has 9 heteroatoms. The molecule has 1 aromatic carbocycles. The highest BCUT2D eigenvalue weighted by Crippen LogP contribution is 2.40. The molecule has 0 bridgehead atoms. The van der Waals surface area contributed by atoms with E-state index in [1.54, 1.807) is 12.4 Å². The molecule has 1 spiro atoms. The number of aromatic amines is 1. The van der Waals surface area contributed by atoms with Gasteiger partial charge in [-0.2, -0.15) is 5.10 Å². The number of aliphatic imine (C=N–C) groups is 1. The van der Waals surface area contributed by atoms with Crippen molar-refractivity contribution in [1.29, 1.82) is 0 Å². The summed E-state index contributed by atoms with van der Waals surface area (Å²) in [6.45, 7) is 6.61. The molecule has 0 aliphatic carbocycles. The fraction of sp³-hybridized carbons (Fsp3) is 0.400. The van der Waals surface area contributed by atoms with E-state index in [0.29, 0.717) is 15.5 Å². The van der Waals surface area contributed by atoms with Crippen LogP contribution in [0.5, 0.6) is 5.75 Å². The molecule has 176 valence electrons. The maximum Gasteiger partial charge on any atom is 0.124 e. The van der Waals surface area contributed by atoms with E-state index in [1.807, 2.05) is 31.3 Å². The second-order valence-electron chi connectivity index (χ2n) is 9.78. The molecule has 0 amide bonds. The number of aromatic nitrogens is 3. The second kappa shape index (κ2) is 8.26. The summed E-state index contributed by atoms with van der Waals surface area (Å²) < 4.78 is 6.20. The van der Waals surface area contributed by atoms with E-state index < -0.39 is 0 Å². The van der Waals surface area contributed by atoms with Gasteiger partial charge in [0.15, 0.2) is 0 Å². The van der Waals surface area contributed by atoms with Gasteiger partial charge in [0.2, 0.25) is 0 Å². The monoisotopic (exact) mass is 496 g/mol. The number of ether oxygens (including phenoxy) is 1. The van der Waals surface area contributed by atoms with Crippen LogP contribution in [0.2, 0.25) is 10.0 Å². The highest BCUT2D eigenvalue weighted by atomic mass is 35.5. The lowest BCUT2D eigenvalue weighted by Crippen LogP contribution is -2.72. The Bertz CT molecular complexity index is 1300. The number of benzene rings is 1. The molecular weight excluding hydrogens is 471 g/mol. The number of rotatable bonds is 4. The van der Waals surface area contributed by atoms with Gasteiger partial charge in [0.1, 0.15) is 17.7 Å². The van der Waals surface area contributed by atoms with Gasteiger partial charge in [-0.25, -0.2) is 4.99 Å². The number of H-pyrrole nitrogens is 1. The molecule has 7 nitrogen and oxygen atoms in total. The van der Waals surface area contributed by atoms with Crippen LogP contribution in [0.3, 0.4) is 0 Å². The number of amidine groups is 1. The Kier molecular flexibility index (Phi) is 5.32. The summed E-state index contributed by atoms with van der Waals surface area (Å²) in [5.74, 6) is 1.93. The van der Waals surface area contributed by atoms with Gasteiger partial charge < -0.3 is 14.5 Å². The maximum atomic E-state index is 6.31. The van der Waals surface area contributed by atoms with Crippen molar-refractivity contribution in [3.8, 4) is 5.75 Å². The Hall–Kier alpha value is -2.61. The normalized spacial score (nSPS) is 20.5. The van der Waals surface area contributed by atoms with E-state index >= 15 is 0 Å². The van der Waals surface area contributed by atoms with Crippen LogP contribution < -0.4 is 4.74 Å². The molecule has 6 rings (SSSR count). The molecule has 3 aromatic rings. The van der Waals surface area contributed by atoms with Crippen molar-refractivity contribution >= 4 is 45.5 Å². The average Bonchev–Trinajstić information content (AvgIpc) is 3.18. The van der Waals surface area contributed by atoms with Crippen molar-refractivity contribution in [2.24, 2.45) is 10.4 Å². The minimum Gasteiger partial charge on any atom is -0.486 e. The molecule has 0 saturated carbocycles. The number of likely N-dealkylation sites (tertiary alicyclic amines) is 2. The van der Waals surface area contributed by atoms with Gasteiger partial charge in [0.25, 0.3) is 0 Å². The fourth-order valence-corrected chi connectivity index (χ4v) is 6.25. The first-order valence-electron chi connectivity index (χ1n) is 11.5. The first kappa shape index (κ1) is 21.9. The number of fused-ring (bicyclic) bond motifs is 1. The lowest BCUT2D eigenvalue weighted by molar-refractivity contribution is -0.0744. The largest absolute Gasteiger partial charge is 0.486 e. The van der Waals surface area contributed by atoms with Gasteiger partial charge in [0, 0.05) is 67.6 Å². The van der Waals surface area contributed by atoms with Crippen molar-refractivity contribution < 1.29 is 4.74 Å². The van der Waals surface area contributed by atoms with Crippen LogP contribution in [-0.2, 0) is 0 Å². The molecule has 34 heavy (non-hydrogen) atoms. The van der Waals surface area contributed by atoms with Crippen molar-refractivity contribution in [3.05, 3.63) is 58.1 Å². The second-order valence-corrected chi connectivity index (χ2v) is 10.6. The standard InChI is InChI=1S/C25H26Cl2N6O/c1-15(23-19(26)9-28-10-20(23)27)34-17-4-5-21-18(7-17)24(31-30-21)16-3-6-22(29-8-16)33-13-25(14-33)11-32(2)12-25/h4-5,7-10,15H,3,6,11-14H2,1-2H3,(H,30,31)/t15-/m1/s1. The zero-order valence-electron chi connectivity index (χ0n) is 19.2. The Morgan fingerprint density at radius 2 is 1.85 bits per heavy atom. The number of nitrogens with zero attached hydrogens (tertiary/aromatic N) is 5. The van der Waals surface area contributed by atoms with Crippen LogP contribution in [0.4, 0.5) is 0 Å². The van der Waals surface area contributed by atoms with Crippen LogP contribution >= 0.6 is 23.2 Å². The van der Waals surface area contributed by atoms with E-state index in [-0.39, 0.29) is 6.10 Å². The van der Waals surface area contributed by atoms with E-state index in [4.69, 9.17) is 32.9 Å². The summed E-state index contributed by atoms with van der Waals surface area (Å²) in [5.41, 5.74) is 4.27. The molecule has 0 unspecified atom stereocenters. The highest BCUT2D eigenvalue weighted by molar-refractivity contribution is 6.35. The van der Waals surface area contributed by atoms with Crippen LogP contribution in [0.25, 0.3) is 16.5 Å². The number of pyridine rings is 1. The molecule has 0 radical (unpaired) electrons. The van der Waals surface area contributed by atoms with Gasteiger partial charge >= 0.3 is 0 Å². The zero-order chi connectivity index (χ0) is 23.4. The molecule has 5 heterocycles. The van der Waals surface area contributed by atoms with Gasteiger partial charge in [-0.15, -0.1) is 0 Å². The first-order valence-corrected chi connectivity index (χ1v) is 12.3. The third-order valence-corrected chi connectivity index (χ3v) is 7.67. The third kappa shape index (κ3) is 3.76.